The van der Waals surface area contributed by atoms with Crippen molar-refractivity contribution < 1.29 is 9.53 Å². The van der Waals surface area contributed by atoms with Crippen LogP contribution in [0.3, 0.4) is 0 Å². The number of hydrogen-bond acceptors (Lipinski definition) is 6. The summed E-state index contributed by atoms with van der Waals surface area (Å²) in [5.41, 5.74) is 2.24. The number of anilines is 1. The Balaban J connectivity index is 0.00000256. The third-order valence-electron chi connectivity index (χ3n) is 5.02. The molecule has 3 heterocycles. The van der Waals surface area contributed by atoms with E-state index >= 15 is 0 Å². The Labute approximate surface area is 191 Å². The first-order chi connectivity index (χ1) is 14.2. The van der Waals surface area contributed by atoms with Gasteiger partial charge in [-0.05, 0) is 41.6 Å². The molecule has 4 rings (SSSR count). The van der Waals surface area contributed by atoms with Gasteiger partial charge in [-0.1, -0.05) is 30.4 Å². The highest BCUT2D eigenvalue weighted by Gasteiger charge is 2.20. The predicted octanol–water partition coefficient (Wildman–Crippen LogP) is 4.72. The van der Waals surface area contributed by atoms with Gasteiger partial charge in [-0.2, -0.15) is 0 Å². The molecule has 3 aromatic rings. The van der Waals surface area contributed by atoms with Crippen molar-refractivity contribution in [3.05, 3.63) is 52.2 Å². The predicted molar refractivity (Wildman–Crippen MR) is 129 cm³/mol. The lowest BCUT2D eigenvalue weighted by Gasteiger charge is -2.28. The fraction of sp³-hybridized carbons (Fsp3) is 0.364. The number of fused-ring (bicyclic) bond motifs is 1. The van der Waals surface area contributed by atoms with Gasteiger partial charge in [-0.25, -0.2) is 4.98 Å². The zero-order valence-corrected chi connectivity index (χ0v) is 19.4. The molecule has 1 saturated heterocycles. The Hall–Kier alpha value is -1.77. The number of halogens is 1. The Morgan fingerprint density at radius 3 is 2.87 bits per heavy atom. The van der Waals surface area contributed by atoms with Crippen LogP contribution in [0.5, 0.6) is 0 Å². The van der Waals surface area contributed by atoms with Gasteiger partial charge in [-0.15, -0.1) is 23.7 Å². The van der Waals surface area contributed by atoms with Gasteiger partial charge in [0.25, 0.3) is 5.91 Å². The number of nitrogens with zero attached hydrogens (tertiary/aromatic N) is 3. The van der Waals surface area contributed by atoms with Crippen LogP contribution < -0.4 is 4.90 Å². The summed E-state index contributed by atoms with van der Waals surface area (Å²) in [5.74, 6) is -0.0265. The van der Waals surface area contributed by atoms with E-state index in [1.54, 1.807) is 28.7 Å². The van der Waals surface area contributed by atoms with Gasteiger partial charge in [0.05, 0.1) is 23.4 Å². The second-order valence-corrected chi connectivity index (χ2v) is 8.93. The van der Waals surface area contributed by atoms with Gasteiger partial charge >= 0.3 is 0 Å². The molecule has 1 fully saturated rings. The van der Waals surface area contributed by atoms with Crippen molar-refractivity contribution in [3.8, 4) is 0 Å². The number of aryl methyl sites for hydroxylation is 1. The summed E-state index contributed by atoms with van der Waals surface area (Å²) in [7, 11) is 0. The molecule has 1 amide bonds. The van der Waals surface area contributed by atoms with E-state index in [4.69, 9.17) is 9.72 Å². The zero-order chi connectivity index (χ0) is 20.1. The highest BCUT2D eigenvalue weighted by Crippen LogP contribution is 2.30. The van der Waals surface area contributed by atoms with Crippen LogP contribution in [-0.2, 0) is 16.0 Å². The lowest BCUT2D eigenvalue weighted by atomic mass is 10.2. The maximum Gasteiger partial charge on any atom is 0.252 e. The number of carbonyl (C=O) groups excluding carboxylic acids is 1. The maximum absolute atomic E-state index is 13.1. The number of ether oxygens (including phenoxy) is 1. The Bertz CT molecular complexity index is 982. The number of rotatable bonds is 7. The van der Waals surface area contributed by atoms with Crippen LogP contribution in [0, 0.1) is 0 Å². The summed E-state index contributed by atoms with van der Waals surface area (Å²) < 4.78 is 6.57. The molecule has 1 aliphatic heterocycles. The lowest BCUT2D eigenvalue weighted by molar-refractivity contribution is -0.114. The number of thiophene rings is 1. The number of morpholine rings is 1. The largest absolute Gasteiger partial charge is 0.379 e. The van der Waals surface area contributed by atoms with Crippen LogP contribution >= 0.6 is 35.1 Å². The van der Waals surface area contributed by atoms with E-state index in [0.717, 1.165) is 59.5 Å². The van der Waals surface area contributed by atoms with E-state index in [1.165, 1.54) is 5.56 Å². The normalized spacial score (nSPS) is 14.8. The first-order valence-corrected chi connectivity index (χ1v) is 11.6. The summed E-state index contributed by atoms with van der Waals surface area (Å²) in [5, 5.41) is 2.78. The second-order valence-electron chi connectivity index (χ2n) is 6.94. The molecule has 1 aliphatic rings. The van der Waals surface area contributed by atoms with Gasteiger partial charge in [0.2, 0.25) is 0 Å². The Kier molecular flexibility index (Phi) is 8.41. The van der Waals surface area contributed by atoms with Crippen molar-refractivity contribution in [1.82, 2.24) is 9.88 Å². The molecule has 0 aliphatic carbocycles. The second kappa shape index (κ2) is 11.0. The van der Waals surface area contributed by atoms with Crippen LogP contribution in [0.1, 0.15) is 17.4 Å². The quantitative estimate of drug-likeness (QED) is 0.475. The van der Waals surface area contributed by atoms with Crippen molar-refractivity contribution in [3.63, 3.8) is 0 Å². The Morgan fingerprint density at radius 2 is 2.13 bits per heavy atom. The van der Waals surface area contributed by atoms with E-state index < -0.39 is 0 Å². The van der Waals surface area contributed by atoms with E-state index in [0.29, 0.717) is 6.54 Å². The van der Waals surface area contributed by atoms with Crippen molar-refractivity contribution in [1.29, 1.82) is 0 Å². The molecule has 0 spiro atoms. The van der Waals surface area contributed by atoms with E-state index in [9.17, 15) is 4.79 Å². The minimum atomic E-state index is -0.0265. The monoisotopic (exact) mass is 463 g/mol. The van der Waals surface area contributed by atoms with E-state index in [-0.39, 0.29) is 18.3 Å². The summed E-state index contributed by atoms with van der Waals surface area (Å²) in [6.45, 7) is 6.92. The van der Waals surface area contributed by atoms with Gasteiger partial charge in [0, 0.05) is 37.1 Å². The number of benzene rings is 1. The standard InChI is InChI=1S/C22H25N3O2S2.ClH/c1-2-17-5-7-19-20(16-17)29-22(23-19)25(10-9-24-11-13-27-14-12-24)21(26)8-6-18-4-3-15-28-18;/h3-8,15-16H,2,9-14H2,1H3;1H/b8-6+;. The summed E-state index contributed by atoms with van der Waals surface area (Å²) in [6, 6.07) is 10.4. The van der Waals surface area contributed by atoms with Crippen LogP contribution in [0.15, 0.2) is 41.8 Å². The molecular formula is C22H26ClN3O2S2. The van der Waals surface area contributed by atoms with Gasteiger partial charge in [0.1, 0.15) is 0 Å². The number of thiazole rings is 1. The molecule has 0 unspecified atom stereocenters. The molecule has 2 aromatic heterocycles. The maximum atomic E-state index is 13.1. The number of aromatic nitrogens is 1. The fourth-order valence-electron chi connectivity index (χ4n) is 3.29. The number of amides is 1. The van der Waals surface area contributed by atoms with Gasteiger partial charge in [0.15, 0.2) is 5.13 Å². The molecule has 160 valence electrons. The van der Waals surface area contributed by atoms with Crippen LogP contribution in [0.4, 0.5) is 5.13 Å². The molecular weight excluding hydrogens is 438 g/mol. The minimum absolute atomic E-state index is 0. The molecule has 30 heavy (non-hydrogen) atoms. The topological polar surface area (TPSA) is 45.7 Å². The SMILES string of the molecule is CCc1ccc2nc(N(CCN3CCOCC3)C(=O)/C=C/c3cccs3)sc2c1.Cl. The molecule has 8 heteroatoms. The average Bonchev–Trinajstić information content (AvgIpc) is 3.42. The summed E-state index contributed by atoms with van der Waals surface area (Å²) in [6.07, 6.45) is 4.54. The third kappa shape index (κ3) is 5.68. The number of hydrogen-bond donors (Lipinski definition) is 0. The first kappa shape index (κ1) is 22.9. The van der Waals surface area contributed by atoms with Gasteiger partial charge < -0.3 is 4.74 Å². The number of carbonyl (C=O) groups is 1. The molecule has 0 bridgehead atoms. The van der Waals surface area contributed by atoms with Crippen molar-refractivity contribution in [2.75, 3.05) is 44.3 Å². The van der Waals surface area contributed by atoms with Crippen LogP contribution in [0.2, 0.25) is 0 Å². The smallest absolute Gasteiger partial charge is 0.252 e. The summed E-state index contributed by atoms with van der Waals surface area (Å²) in [4.78, 5) is 23.1. The Morgan fingerprint density at radius 1 is 1.30 bits per heavy atom. The molecule has 1 aromatic carbocycles. The zero-order valence-electron chi connectivity index (χ0n) is 17.0. The third-order valence-corrected chi connectivity index (χ3v) is 6.90. The van der Waals surface area contributed by atoms with Crippen molar-refractivity contribution in [2.45, 2.75) is 13.3 Å². The highest BCUT2D eigenvalue weighted by atomic mass is 35.5. The highest BCUT2D eigenvalue weighted by molar-refractivity contribution is 7.22. The van der Waals surface area contributed by atoms with Crippen LogP contribution in [0.25, 0.3) is 16.3 Å². The molecule has 0 saturated carbocycles. The van der Waals surface area contributed by atoms with Crippen molar-refractivity contribution >= 4 is 62.4 Å². The minimum Gasteiger partial charge on any atom is -0.379 e. The molecule has 5 nitrogen and oxygen atoms in total. The van der Waals surface area contributed by atoms with E-state index in [1.807, 2.05) is 28.5 Å². The molecule has 0 N–H and O–H groups in total. The van der Waals surface area contributed by atoms with E-state index in [2.05, 4.69) is 30.0 Å². The average molecular weight is 464 g/mol. The lowest BCUT2D eigenvalue weighted by Crippen LogP contribution is -2.42. The summed E-state index contributed by atoms with van der Waals surface area (Å²) >= 11 is 3.22. The molecule has 0 atom stereocenters. The van der Waals surface area contributed by atoms with Crippen molar-refractivity contribution in [2.24, 2.45) is 0 Å². The molecule has 0 radical (unpaired) electrons. The van der Waals surface area contributed by atoms with Gasteiger partial charge in [-0.3, -0.25) is 14.6 Å². The van der Waals surface area contributed by atoms with Crippen LogP contribution in [-0.4, -0.2) is 55.2 Å². The first-order valence-electron chi connectivity index (χ1n) is 9.95. The fourth-order valence-corrected chi connectivity index (χ4v) is 4.97.